The highest BCUT2D eigenvalue weighted by molar-refractivity contribution is 5.76. The monoisotopic (exact) mass is 277 g/mol. The Kier molecular flexibility index (Phi) is 5.49. The number of amides is 1. The van der Waals surface area contributed by atoms with Crippen LogP contribution in [0.15, 0.2) is 24.4 Å². The van der Waals surface area contributed by atoms with Gasteiger partial charge >= 0.3 is 0 Å². The number of rotatable bonds is 5. The maximum Gasteiger partial charge on any atom is 0.222 e. The molecule has 1 aromatic rings. The molecular weight excluding hydrogens is 254 g/mol. The van der Waals surface area contributed by atoms with Crippen LogP contribution in [-0.4, -0.2) is 47.6 Å². The van der Waals surface area contributed by atoms with Crippen LogP contribution in [0, 0.1) is 0 Å². The van der Waals surface area contributed by atoms with E-state index in [9.17, 15) is 4.79 Å². The van der Waals surface area contributed by atoms with Gasteiger partial charge in [0.25, 0.3) is 0 Å². The molecule has 1 N–H and O–H groups in total. The van der Waals surface area contributed by atoms with E-state index >= 15 is 0 Å². The van der Waals surface area contributed by atoms with Crippen LogP contribution in [0.4, 0.5) is 0 Å². The summed E-state index contributed by atoms with van der Waals surface area (Å²) in [5, 5.41) is 2.89. The van der Waals surface area contributed by atoms with Crippen molar-refractivity contribution in [3.8, 4) is 0 Å². The van der Waals surface area contributed by atoms with Gasteiger partial charge in [0.05, 0.1) is 31.4 Å². The summed E-state index contributed by atoms with van der Waals surface area (Å²) in [4.78, 5) is 18.4. The fourth-order valence-corrected chi connectivity index (χ4v) is 2.31. The molecule has 0 aromatic carbocycles. The molecule has 1 aromatic heterocycles. The summed E-state index contributed by atoms with van der Waals surface area (Å²) in [6.07, 6.45) is 2.14. The average Bonchev–Trinajstić information content (AvgIpc) is 2.46. The SMILES string of the molecule is CC(C)N1CCOC(CC(=O)NCc2ccccn2)C1. The molecule has 1 amide bonds. The van der Waals surface area contributed by atoms with E-state index in [0.29, 0.717) is 25.6 Å². The smallest absolute Gasteiger partial charge is 0.222 e. The molecular formula is C15H23N3O2. The first kappa shape index (κ1) is 14.9. The minimum atomic E-state index is -0.00474. The summed E-state index contributed by atoms with van der Waals surface area (Å²) in [6.45, 7) is 7.29. The number of ether oxygens (including phenoxy) is 1. The number of nitrogens with one attached hydrogen (secondary N) is 1. The Hall–Kier alpha value is -1.46. The lowest BCUT2D eigenvalue weighted by Crippen LogP contribution is -2.47. The number of nitrogens with zero attached hydrogens (tertiary/aromatic N) is 2. The molecule has 0 saturated carbocycles. The Bertz CT molecular complexity index is 422. The second-order valence-electron chi connectivity index (χ2n) is 5.38. The van der Waals surface area contributed by atoms with E-state index in [1.807, 2.05) is 18.2 Å². The molecule has 0 aliphatic carbocycles. The maximum atomic E-state index is 11.9. The van der Waals surface area contributed by atoms with E-state index in [2.05, 4.69) is 29.0 Å². The van der Waals surface area contributed by atoms with Crippen LogP contribution in [-0.2, 0) is 16.1 Å². The van der Waals surface area contributed by atoms with Crippen molar-refractivity contribution in [3.63, 3.8) is 0 Å². The summed E-state index contributed by atoms with van der Waals surface area (Å²) < 4.78 is 5.66. The van der Waals surface area contributed by atoms with Crippen LogP contribution in [0.2, 0.25) is 0 Å². The first-order chi connectivity index (χ1) is 9.65. The molecule has 1 atom stereocenters. The van der Waals surface area contributed by atoms with Crippen LogP contribution in [0.25, 0.3) is 0 Å². The van der Waals surface area contributed by atoms with E-state index in [0.717, 1.165) is 18.8 Å². The highest BCUT2D eigenvalue weighted by Crippen LogP contribution is 2.11. The van der Waals surface area contributed by atoms with Crippen molar-refractivity contribution in [3.05, 3.63) is 30.1 Å². The average molecular weight is 277 g/mol. The highest BCUT2D eigenvalue weighted by atomic mass is 16.5. The first-order valence-corrected chi connectivity index (χ1v) is 7.17. The standard InChI is InChI=1S/C15H23N3O2/c1-12(2)18-7-8-20-14(11-18)9-15(19)17-10-13-5-3-4-6-16-13/h3-6,12,14H,7-11H2,1-2H3,(H,17,19). The Morgan fingerprint density at radius 1 is 1.55 bits per heavy atom. The number of pyridine rings is 1. The molecule has 1 saturated heterocycles. The molecule has 2 heterocycles. The van der Waals surface area contributed by atoms with Crippen molar-refractivity contribution >= 4 is 5.91 Å². The zero-order valence-corrected chi connectivity index (χ0v) is 12.2. The van der Waals surface area contributed by atoms with Gasteiger partial charge in [0.15, 0.2) is 0 Å². The third-order valence-electron chi connectivity index (χ3n) is 3.51. The van der Waals surface area contributed by atoms with Gasteiger partial charge in [0.1, 0.15) is 0 Å². The molecule has 110 valence electrons. The van der Waals surface area contributed by atoms with Gasteiger partial charge in [-0.05, 0) is 26.0 Å². The van der Waals surface area contributed by atoms with Gasteiger partial charge < -0.3 is 10.1 Å². The second-order valence-corrected chi connectivity index (χ2v) is 5.38. The fourth-order valence-electron chi connectivity index (χ4n) is 2.31. The van der Waals surface area contributed by atoms with E-state index in [1.54, 1.807) is 6.20 Å². The minimum Gasteiger partial charge on any atom is -0.375 e. The van der Waals surface area contributed by atoms with Crippen LogP contribution in [0.5, 0.6) is 0 Å². The third kappa shape index (κ3) is 4.58. The number of carbonyl (C=O) groups excluding carboxylic acids is 1. The summed E-state index contributed by atoms with van der Waals surface area (Å²) in [6, 6.07) is 6.18. The van der Waals surface area contributed by atoms with Crippen LogP contribution >= 0.6 is 0 Å². The molecule has 1 aliphatic rings. The van der Waals surface area contributed by atoms with Crippen molar-refractivity contribution in [2.24, 2.45) is 0 Å². The van der Waals surface area contributed by atoms with Crippen LogP contribution in [0.3, 0.4) is 0 Å². The number of carbonyl (C=O) groups is 1. The van der Waals surface area contributed by atoms with Gasteiger partial charge in [0, 0.05) is 25.3 Å². The van der Waals surface area contributed by atoms with E-state index < -0.39 is 0 Å². The normalized spacial score (nSPS) is 20.1. The molecule has 5 nitrogen and oxygen atoms in total. The molecule has 20 heavy (non-hydrogen) atoms. The van der Waals surface area contributed by atoms with E-state index in [4.69, 9.17) is 4.74 Å². The quantitative estimate of drug-likeness (QED) is 0.878. The lowest BCUT2D eigenvalue weighted by atomic mass is 10.1. The number of morpholine rings is 1. The zero-order chi connectivity index (χ0) is 14.4. The number of aromatic nitrogens is 1. The van der Waals surface area contributed by atoms with Gasteiger partial charge in [0.2, 0.25) is 5.91 Å². The molecule has 1 unspecified atom stereocenters. The Labute approximate surface area is 120 Å². The van der Waals surface area contributed by atoms with E-state index in [1.165, 1.54) is 0 Å². The Balaban J connectivity index is 1.74. The van der Waals surface area contributed by atoms with Gasteiger partial charge in [-0.2, -0.15) is 0 Å². The lowest BCUT2D eigenvalue weighted by molar-refractivity contribution is -0.126. The predicted octanol–water partition coefficient (Wildman–Crippen LogP) is 1.20. The van der Waals surface area contributed by atoms with Crippen molar-refractivity contribution in [2.45, 2.75) is 39.0 Å². The largest absolute Gasteiger partial charge is 0.375 e. The summed E-state index contributed by atoms with van der Waals surface area (Å²) in [5.74, 6) is 0.0197. The van der Waals surface area contributed by atoms with Gasteiger partial charge in [-0.15, -0.1) is 0 Å². The third-order valence-corrected chi connectivity index (χ3v) is 3.51. The zero-order valence-electron chi connectivity index (χ0n) is 12.2. The summed E-state index contributed by atoms with van der Waals surface area (Å²) in [7, 11) is 0. The van der Waals surface area contributed by atoms with Crippen LogP contribution < -0.4 is 5.32 Å². The topological polar surface area (TPSA) is 54.5 Å². The molecule has 5 heteroatoms. The van der Waals surface area contributed by atoms with Crippen LogP contribution in [0.1, 0.15) is 26.0 Å². The lowest BCUT2D eigenvalue weighted by Gasteiger charge is -2.35. The Morgan fingerprint density at radius 3 is 3.10 bits per heavy atom. The molecule has 0 spiro atoms. The van der Waals surface area contributed by atoms with Gasteiger partial charge in [-0.3, -0.25) is 14.7 Å². The van der Waals surface area contributed by atoms with Gasteiger partial charge in [-0.25, -0.2) is 0 Å². The maximum absolute atomic E-state index is 11.9. The molecule has 1 aliphatic heterocycles. The fraction of sp³-hybridized carbons (Fsp3) is 0.600. The van der Waals surface area contributed by atoms with Crippen molar-refractivity contribution < 1.29 is 9.53 Å². The number of hydrogen-bond donors (Lipinski definition) is 1. The van der Waals surface area contributed by atoms with Crippen molar-refractivity contribution in [2.75, 3.05) is 19.7 Å². The summed E-state index contributed by atoms with van der Waals surface area (Å²) >= 11 is 0. The second kappa shape index (κ2) is 7.36. The van der Waals surface area contributed by atoms with Crippen molar-refractivity contribution in [1.29, 1.82) is 0 Å². The van der Waals surface area contributed by atoms with E-state index in [-0.39, 0.29) is 12.0 Å². The highest BCUT2D eigenvalue weighted by Gasteiger charge is 2.24. The van der Waals surface area contributed by atoms with Crippen molar-refractivity contribution in [1.82, 2.24) is 15.2 Å². The van der Waals surface area contributed by atoms with Gasteiger partial charge in [-0.1, -0.05) is 6.07 Å². The predicted molar refractivity (Wildman–Crippen MR) is 77.1 cm³/mol. The Morgan fingerprint density at radius 2 is 2.40 bits per heavy atom. The summed E-state index contributed by atoms with van der Waals surface area (Å²) in [5.41, 5.74) is 0.870. The molecule has 0 radical (unpaired) electrons. The molecule has 1 fully saturated rings. The molecule has 0 bridgehead atoms. The first-order valence-electron chi connectivity index (χ1n) is 7.17. The molecule has 2 rings (SSSR count). The minimum absolute atomic E-state index is 0.00474. The number of hydrogen-bond acceptors (Lipinski definition) is 4.